The van der Waals surface area contributed by atoms with Gasteiger partial charge in [0.1, 0.15) is 5.82 Å². The van der Waals surface area contributed by atoms with Crippen molar-refractivity contribution in [3.05, 3.63) is 41.2 Å². The van der Waals surface area contributed by atoms with Gasteiger partial charge in [0.2, 0.25) is 0 Å². The van der Waals surface area contributed by atoms with Gasteiger partial charge >= 0.3 is 0 Å². The molecule has 1 N–H and O–H groups in total. The second-order valence-electron chi connectivity index (χ2n) is 10.2. The van der Waals surface area contributed by atoms with Crippen molar-refractivity contribution in [3.8, 4) is 11.4 Å². The molecule has 0 spiro atoms. The summed E-state index contributed by atoms with van der Waals surface area (Å²) in [5, 5.41) is 0.934. The molecule has 0 unspecified atom stereocenters. The van der Waals surface area contributed by atoms with E-state index in [0.717, 1.165) is 71.3 Å². The number of rotatable bonds is 5. The molecule has 7 nitrogen and oxygen atoms in total. The Hall–Kier alpha value is -2.59. The number of aromatic nitrogens is 3. The number of aromatic amines is 1. The first kappa shape index (κ1) is 22.6. The van der Waals surface area contributed by atoms with Crippen LogP contribution < -0.4 is 4.90 Å². The number of thiophene rings is 1. The fourth-order valence-electron chi connectivity index (χ4n) is 5.84. The second-order valence-corrected chi connectivity index (χ2v) is 11.3. The Balaban J connectivity index is 1.23. The smallest absolute Gasteiger partial charge is 0.163 e. The Bertz CT molecular complexity index is 1380. The maximum absolute atomic E-state index is 14.5. The minimum Gasteiger partial charge on any atom is -0.378 e. The number of hydrogen-bond donors (Lipinski definition) is 1. The highest BCUT2D eigenvalue weighted by Gasteiger charge is 2.28. The maximum Gasteiger partial charge on any atom is 0.163 e. The van der Waals surface area contributed by atoms with Crippen molar-refractivity contribution in [1.29, 1.82) is 0 Å². The topological polar surface area (TPSA) is 60.5 Å². The van der Waals surface area contributed by atoms with Crippen LogP contribution in [0.15, 0.2) is 30.5 Å². The number of hydrogen-bond acceptors (Lipinski definition) is 7. The van der Waals surface area contributed by atoms with E-state index in [1.165, 1.54) is 43.3 Å². The van der Waals surface area contributed by atoms with Crippen molar-refractivity contribution in [2.24, 2.45) is 0 Å². The second kappa shape index (κ2) is 9.37. The molecule has 3 fully saturated rings. The number of fused-ring (bicyclic) bond motifs is 2. The first-order chi connectivity index (χ1) is 17.7. The van der Waals surface area contributed by atoms with Gasteiger partial charge in [-0.2, -0.15) is 0 Å². The minimum atomic E-state index is -0.288. The van der Waals surface area contributed by atoms with Crippen molar-refractivity contribution >= 4 is 38.3 Å². The molecular formula is C27H31FN6OS. The Morgan fingerprint density at radius 2 is 1.86 bits per heavy atom. The van der Waals surface area contributed by atoms with Crippen LogP contribution in [0.25, 0.3) is 32.5 Å². The molecule has 0 radical (unpaired) electrons. The Labute approximate surface area is 213 Å². The number of anilines is 1. The van der Waals surface area contributed by atoms with Crippen LogP contribution in [0.1, 0.15) is 24.1 Å². The van der Waals surface area contributed by atoms with E-state index >= 15 is 0 Å². The number of piperidine rings is 1. The summed E-state index contributed by atoms with van der Waals surface area (Å²) in [6, 6.07) is 8.04. The zero-order valence-electron chi connectivity index (χ0n) is 20.4. The Kier molecular flexibility index (Phi) is 5.88. The first-order valence-corrected chi connectivity index (χ1v) is 13.9. The summed E-state index contributed by atoms with van der Waals surface area (Å²) in [6.07, 6.45) is 5.73. The molecule has 0 amide bonds. The van der Waals surface area contributed by atoms with E-state index in [2.05, 4.69) is 25.8 Å². The SMILES string of the molecule is Fc1cc(-c2nc(N3CCOCC3)c3sc(CN4CCC(N5CCC5)CC4)cc3n2)c2cc[nH]c2c1. The zero-order valence-corrected chi connectivity index (χ0v) is 21.2. The van der Waals surface area contributed by atoms with Crippen molar-refractivity contribution < 1.29 is 9.13 Å². The highest BCUT2D eigenvalue weighted by Crippen LogP contribution is 2.37. The lowest BCUT2D eigenvalue weighted by Gasteiger charge is -2.42. The molecule has 0 atom stereocenters. The van der Waals surface area contributed by atoms with Crippen LogP contribution in [0.4, 0.5) is 10.2 Å². The normalized spacial score (nSPS) is 20.4. The van der Waals surface area contributed by atoms with Crippen molar-refractivity contribution in [2.45, 2.75) is 31.8 Å². The monoisotopic (exact) mass is 506 g/mol. The van der Waals surface area contributed by atoms with Gasteiger partial charge in [-0.15, -0.1) is 11.3 Å². The fourth-order valence-corrected chi connectivity index (χ4v) is 6.99. The molecule has 3 aliphatic heterocycles. The third-order valence-corrected chi connectivity index (χ3v) is 9.04. The van der Waals surface area contributed by atoms with Gasteiger partial charge < -0.3 is 19.5 Å². The maximum atomic E-state index is 14.5. The molecule has 3 aliphatic rings. The van der Waals surface area contributed by atoms with Crippen LogP contribution in [0, 0.1) is 5.82 Å². The Morgan fingerprint density at radius 3 is 2.64 bits per heavy atom. The van der Waals surface area contributed by atoms with E-state index in [-0.39, 0.29) is 5.82 Å². The summed E-state index contributed by atoms with van der Waals surface area (Å²) in [6.45, 7) is 8.79. The van der Waals surface area contributed by atoms with Gasteiger partial charge in [0, 0.05) is 66.3 Å². The van der Waals surface area contributed by atoms with E-state index in [9.17, 15) is 4.39 Å². The molecule has 0 aliphatic carbocycles. The summed E-state index contributed by atoms with van der Waals surface area (Å²) >= 11 is 1.81. The highest BCUT2D eigenvalue weighted by atomic mass is 32.1. The van der Waals surface area contributed by atoms with Gasteiger partial charge in [-0.3, -0.25) is 4.90 Å². The summed E-state index contributed by atoms with van der Waals surface area (Å²) in [5.41, 5.74) is 2.43. The molecule has 7 rings (SSSR count). The summed E-state index contributed by atoms with van der Waals surface area (Å²) in [7, 11) is 0. The molecule has 3 saturated heterocycles. The van der Waals surface area contributed by atoms with E-state index in [1.54, 1.807) is 17.4 Å². The van der Waals surface area contributed by atoms with Crippen LogP contribution in [0.3, 0.4) is 0 Å². The standard InChI is InChI=1S/C27H31FN6OS/c28-18-14-22(21-2-5-29-23(21)15-18)26-30-24-16-20(17-32-8-3-19(4-9-32)33-6-1-7-33)36-25(24)27(31-26)34-10-12-35-13-11-34/h2,5,14-16,19,29H,1,3-4,6-13,17H2. The molecular weight excluding hydrogens is 475 g/mol. The number of ether oxygens (including phenoxy) is 1. The van der Waals surface area contributed by atoms with Crippen molar-refractivity contribution in [3.63, 3.8) is 0 Å². The van der Waals surface area contributed by atoms with Crippen molar-refractivity contribution in [2.75, 3.05) is 57.4 Å². The number of nitrogens with zero attached hydrogens (tertiary/aromatic N) is 5. The van der Waals surface area contributed by atoms with Crippen LogP contribution in [0.2, 0.25) is 0 Å². The number of halogens is 1. The third-order valence-electron chi connectivity index (χ3n) is 7.93. The molecule has 188 valence electrons. The molecule has 9 heteroatoms. The van der Waals surface area contributed by atoms with Gasteiger partial charge in [0.25, 0.3) is 0 Å². The fraction of sp³-hybridized carbons (Fsp3) is 0.481. The average molecular weight is 507 g/mol. The summed E-state index contributed by atoms with van der Waals surface area (Å²) in [4.78, 5) is 22.0. The molecule has 6 heterocycles. The van der Waals surface area contributed by atoms with Gasteiger partial charge in [0.15, 0.2) is 11.6 Å². The lowest BCUT2D eigenvalue weighted by Crippen LogP contribution is -2.50. The van der Waals surface area contributed by atoms with Gasteiger partial charge in [-0.25, -0.2) is 14.4 Å². The van der Waals surface area contributed by atoms with Crippen molar-refractivity contribution in [1.82, 2.24) is 24.8 Å². The van der Waals surface area contributed by atoms with Crippen LogP contribution in [-0.2, 0) is 11.3 Å². The minimum absolute atomic E-state index is 0.288. The highest BCUT2D eigenvalue weighted by molar-refractivity contribution is 7.19. The predicted molar refractivity (Wildman–Crippen MR) is 142 cm³/mol. The van der Waals surface area contributed by atoms with E-state index in [0.29, 0.717) is 19.0 Å². The van der Waals surface area contributed by atoms with Crippen LogP contribution in [-0.4, -0.2) is 83.3 Å². The molecule has 36 heavy (non-hydrogen) atoms. The summed E-state index contributed by atoms with van der Waals surface area (Å²) < 4.78 is 21.2. The number of nitrogens with one attached hydrogen (secondary N) is 1. The van der Waals surface area contributed by atoms with Crippen LogP contribution in [0.5, 0.6) is 0 Å². The molecule has 3 aromatic heterocycles. The number of morpholine rings is 1. The van der Waals surface area contributed by atoms with E-state index in [4.69, 9.17) is 14.7 Å². The average Bonchev–Trinajstić information content (AvgIpc) is 3.50. The number of likely N-dealkylation sites (tertiary alicyclic amines) is 2. The predicted octanol–water partition coefficient (Wildman–Crippen LogP) is 4.49. The van der Waals surface area contributed by atoms with E-state index < -0.39 is 0 Å². The lowest BCUT2D eigenvalue weighted by molar-refractivity contribution is 0.0615. The molecule has 4 aromatic rings. The zero-order chi connectivity index (χ0) is 24.1. The molecule has 0 bridgehead atoms. The first-order valence-electron chi connectivity index (χ1n) is 13.1. The molecule has 0 saturated carbocycles. The van der Waals surface area contributed by atoms with Gasteiger partial charge in [0.05, 0.1) is 23.4 Å². The van der Waals surface area contributed by atoms with Gasteiger partial charge in [-0.05, 0) is 56.6 Å². The van der Waals surface area contributed by atoms with Crippen LogP contribution >= 0.6 is 11.3 Å². The number of H-pyrrole nitrogens is 1. The van der Waals surface area contributed by atoms with E-state index in [1.807, 2.05) is 12.3 Å². The third kappa shape index (κ3) is 4.18. The largest absolute Gasteiger partial charge is 0.378 e. The lowest BCUT2D eigenvalue weighted by atomic mass is 10.00. The quantitative estimate of drug-likeness (QED) is 0.431. The Morgan fingerprint density at radius 1 is 1.03 bits per heavy atom. The number of benzene rings is 1. The summed E-state index contributed by atoms with van der Waals surface area (Å²) in [5.74, 6) is 1.23. The molecule has 1 aromatic carbocycles. The van der Waals surface area contributed by atoms with Gasteiger partial charge in [-0.1, -0.05) is 0 Å².